The van der Waals surface area contributed by atoms with Crippen molar-refractivity contribution < 1.29 is 18.0 Å². The van der Waals surface area contributed by atoms with Crippen LogP contribution < -0.4 is 4.90 Å². The molecule has 1 saturated heterocycles. The van der Waals surface area contributed by atoms with Crippen molar-refractivity contribution in [3.8, 4) is 0 Å². The SMILES string of the molecule is CC(C)(C)C(=O)N1CCCN(c2cccc(C(F)(F)F)n2)CC1. The van der Waals surface area contributed by atoms with Crippen LogP contribution in [0.4, 0.5) is 19.0 Å². The van der Waals surface area contributed by atoms with Gasteiger partial charge in [-0.1, -0.05) is 26.8 Å². The van der Waals surface area contributed by atoms with E-state index in [1.54, 1.807) is 11.0 Å². The van der Waals surface area contributed by atoms with E-state index in [0.29, 0.717) is 38.4 Å². The Labute approximate surface area is 134 Å². The largest absolute Gasteiger partial charge is 0.433 e. The molecule has 128 valence electrons. The molecule has 0 aliphatic carbocycles. The predicted octanol–water partition coefficient (Wildman–Crippen LogP) is 3.19. The molecule has 0 unspecified atom stereocenters. The number of hydrogen-bond acceptors (Lipinski definition) is 3. The van der Waals surface area contributed by atoms with E-state index in [2.05, 4.69) is 4.98 Å². The third kappa shape index (κ3) is 4.36. The Kier molecular flexibility index (Phi) is 4.87. The van der Waals surface area contributed by atoms with E-state index in [0.717, 1.165) is 6.07 Å². The first-order chi connectivity index (χ1) is 10.6. The van der Waals surface area contributed by atoms with E-state index < -0.39 is 17.3 Å². The number of carbonyl (C=O) groups is 1. The summed E-state index contributed by atoms with van der Waals surface area (Å²) in [4.78, 5) is 19.7. The molecule has 0 atom stereocenters. The van der Waals surface area contributed by atoms with Crippen molar-refractivity contribution in [1.82, 2.24) is 9.88 Å². The molecule has 0 radical (unpaired) electrons. The second kappa shape index (κ2) is 6.37. The fourth-order valence-electron chi connectivity index (χ4n) is 2.58. The van der Waals surface area contributed by atoms with E-state index >= 15 is 0 Å². The van der Waals surface area contributed by atoms with Gasteiger partial charge in [0, 0.05) is 31.6 Å². The van der Waals surface area contributed by atoms with Crippen molar-refractivity contribution in [3.63, 3.8) is 0 Å². The summed E-state index contributed by atoms with van der Waals surface area (Å²) in [6.07, 6.45) is -3.74. The molecule has 1 amide bonds. The second-order valence-corrected chi connectivity index (χ2v) is 6.76. The van der Waals surface area contributed by atoms with E-state index in [-0.39, 0.29) is 5.91 Å². The van der Waals surface area contributed by atoms with Crippen LogP contribution in [0.15, 0.2) is 18.2 Å². The zero-order chi connectivity index (χ0) is 17.3. The number of anilines is 1. The number of pyridine rings is 1. The van der Waals surface area contributed by atoms with Crippen LogP contribution in [0.2, 0.25) is 0 Å². The fraction of sp³-hybridized carbons (Fsp3) is 0.625. The average molecular weight is 329 g/mol. The summed E-state index contributed by atoms with van der Waals surface area (Å²) >= 11 is 0. The first kappa shape index (κ1) is 17.6. The van der Waals surface area contributed by atoms with Gasteiger partial charge in [-0.25, -0.2) is 4.98 Å². The number of carbonyl (C=O) groups excluding carboxylic acids is 1. The quantitative estimate of drug-likeness (QED) is 0.794. The lowest BCUT2D eigenvalue weighted by molar-refractivity contribution is -0.141. The second-order valence-electron chi connectivity index (χ2n) is 6.76. The van der Waals surface area contributed by atoms with Crippen LogP contribution in [-0.2, 0) is 11.0 Å². The lowest BCUT2D eigenvalue weighted by atomic mass is 9.94. The molecule has 1 fully saturated rings. The maximum atomic E-state index is 12.8. The zero-order valence-corrected chi connectivity index (χ0v) is 13.7. The Morgan fingerprint density at radius 3 is 2.39 bits per heavy atom. The molecule has 0 bridgehead atoms. The van der Waals surface area contributed by atoms with Gasteiger partial charge in [0.25, 0.3) is 0 Å². The topological polar surface area (TPSA) is 36.4 Å². The molecule has 0 N–H and O–H groups in total. The Bertz CT molecular complexity index is 566. The molecule has 0 saturated carbocycles. The first-order valence-corrected chi connectivity index (χ1v) is 7.67. The summed E-state index contributed by atoms with van der Waals surface area (Å²) in [7, 11) is 0. The highest BCUT2D eigenvalue weighted by molar-refractivity contribution is 5.81. The summed E-state index contributed by atoms with van der Waals surface area (Å²) in [6.45, 7) is 7.78. The van der Waals surface area contributed by atoms with Crippen LogP contribution in [0.1, 0.15) is 32.9 Å². The van der Waals surface area contributed by atoms with Crippen LogP contribution in [0, 0.1) is 5.41 Å². The molecular formula is C16H22F3N3O. The first-order valence-electron chi connectivity index (χ1n) is 7.67. The van der Waals surface area contributed by atoms with Gasteiger partial charge in [0.05, 0.1) is 0 Å². The van der Waals surface area contributed by atoms with Crippen LogP contribution in [0.3, 0.4) is 0 Å². The predicted molar refractivity (Wildman–Crippen MR) is 82.1 cm³/mol. The van der Waals surface area contributed by atoms with Gasteiger partial charge in [-0.3, -0.25) is 4.79 Å². The Balaban J connectivity index is 2.11. The Morgan fingerprint density at radius 2 is 1.78 bits per heavy atom. The van der Waals surface area contributed by atoms with E-state index in [4.69, 9.17) is 0 Å². The van der Waals surface area contributed by atoms with Crippen molar-refractivity contribution in [3.05, 3.63) is 23.9 Å². The molecule has 0 spiro atoms. The summed E-state index contributed by atoms with van der Waals surface area (Å²) in [6, 6.07) is 3.92. The van der Waals surface area contributed by atoms with Crippen molar-refractivity contribution in [2.45, 2.75) is 33.4 Å². The number of rotatable bonds is 1. The standard InChI is InChI=1S/C16H22F3N3O/c1-15(2,3)14(23)22-9-5-8-21(10-11-22)13-7-4-6-12(20-13)16(17,18)19/h4,6-7H,5,8-11H2,1-3H3. The van der Waals surface area contributed by atoms with E-state index in [1.165, 1.54) is 6.07 Å². The van der Waals surface area contributed by atoms with Gasteiger partial charge >= 0.3 is 6.18 Å². The summed E-state index contributed by atoms with van der Waals surface area (Å²) < 4.78 is 38.3. The summed E-state index contributed by atoms with van der Waals surface area (Å²) in [5, 5.41) is 0. The third-order valence-electron chi connectivity index (χ3n) is 3.77. The van der Waals surface area contributed by atoms with Crippen LogP contribution >= 0.6 is 0 Å². The van der Waals surface area contributed by atoms with Gasteiger partial charge in [-0.05, 0) is 18.6 Å². The summed E-state index contributed by atoms with van der Waals surface area (Å²) in [5.41, 5.74) is -1.34. The van der Waals surface area contributed by atoms with Crippen molar-refractivity contribution in [2.24, 2.45) is 5.41 Å². The number of hydrogen-bond donors (Lipinski definition) is 0. The molecule has 0 aromatic carbocycles. The van der Waals surface area contributed by atoms with Gasteiger partial charge in [0.15, 0.2) is 0 Å². The maximum absolute atomic E-state index is 12.8. The van der Waals surface area contributed by atoms with Crippen molar-refractivity contribution >= 4 is 11.7 Å². The number of nitrogens with zero attached hydrogens (tertiary/aromatic N) is 3. The van der Waals surface area contributed by atoms with Crippen molar-refractivity contribution in [2.75, 3.05) is 31.1 Å². The maximum Gasteiger partial charge on any atom is 0.433 e. The minimum atomic E-state index is -4.45. The third-order valence-corrected chi connectivity index (χ3v) is 3.77. The molecule has 1 aliphatic heterocycles. The highest BCUT2D eigenvalue weighted by atomic mass is 19.4. The lowest BCUT2D eigenvalue weighted by Crippen LogP contribution is -2.41. The Hall–Kier alpha value is -1.79. The molecule has 2 rings (SSSR count). The highest BCUT2D eigenvalue weighted by Crippen LogP contribution is 2.29. The monoisotopic (exact) mass is 329 g/mol. The average Bonchev–Trinajstić information content (AvgIpc) is 2.70. The molecule has 7 heteroatoms. The molecular weight excluding hydrogens is 307 g/mol. The summed E-state index contributed by atoms with van der Waals surface area (Å²) in [5.74, 6) is 0.376. The molecule has 4 nitrogen and oxygen atoms in total. The van der Waals surface area contributed by atoms with Crippen LogP contribution in [0.5, 0.6) is 0 Å². The number of alkyl halides is 3. The van der Waals surface area contributed by atoms with Gasteiger partial charge < -0.3 is 9.80 Å². The highest BCUT2D eigenvalue weighted by Gasteiger charge is 2.33. The van der Waals surface area contributed by atoms with Gasteiger partial charge in [-0.15, -0.1) is 0 Å². The van der Waals surface area contributed by atoms with Gasteiger partial charge in [-0.2, -0.15) is 13.2 Å². The lowest BCUT2D eigenvalue weighted by Gasteiger charge is -2.28. The Morgan fingerprint density at radius 1 is 1.09 bits per heavy atom. The molecule has 1 aliphatic rings. The minimum absolute atomic E-state index is 0.0661. The number of halogens is 3. The van der Waals surface area contributed by atoms with Crippen LogP contribution in [0.25, 0.3) is 0 Å². The molecule has 2 heterocycles. The normalized spacial score (nSPS) is 17.1. The van der Waals surface area contributed by atoms with E-state index in [9.17, 15) is 18.0 Å². The molecule has 1 aromatic heterocycles. The smallest absolute Gasteiger partial charge is 0.355 e. The number of aromatic nitrogens is 1. The minimum Gasteiger partial charge on any atom is -0.355 e. The molecule has 1 aromatic rings. The van der Waals surface area contributed by atoms with Crippen LogP contribution in [-0.4, -0.2) is 42.0 Å². The molecule has 23 heavy (non-hydrogen) atoms. The van der Waals surface area contributed by atoms with Gasteiger partial charge in [0.2, 0.25) is 5.91 Å². The zero-order valence-electron chi connectivity index (χ0n) is 13.7. The fourth-order valence-corrected chi connectivity index (χ4v) is 2.58. The van der Waals surface area contributed by atoms with Gasteiger partial charge in [0.1, 0.15) is 11.5 Å². The number of amides is 1. The van der Waals surface area contributed by atoms with Crippen molar-refractivity contribution in [1.29, 1.82) is 0 Å². The van der Waals surface area contributed by atoms with E-state index in [1.807, 2.05) is 25.7 Å².